The monoisotopic (exact) mass is 876 g/mol. The lowest BCUT2D eigenvalue weighted by Gasteiger charge is -2.61. The van der Waals surface area contributed by atoms with Crippen molar-refractivity contribution >= 4 is 70.4 Å². The lowest BCUT2D eigenvalue weighted by molar-refractivity contribution is -0.0399. The van der Waals surface area contributed by atoms with Crippen molar-refractivity contribution < 1.29 is 0 Å². The van der Waals surface area contributed by atoms with Gasteiger partial charge >= 0.3 is 0 Å². The van der Waals surface area contributed by atoms with E-state index < -0.39 is 0 Å². The van der Waals surface area contributed by atoms with Gasteiger partial charge in [0, 0.05) is 53.4 Å². The van der Waals surface area contributed by atoms with Crippen LogP contribution in [0.1, 0.15) is 43.2 Å². The number of anilines is 3. The molecular formula is C64H48N2S. The fraction of sp³-hybridized carbons (Fsp3) is 0.156. The SMILES string of the molecule is c1ccc(-c2ccc(N(c3ccc(-c4ccc5c(c4)C4(c6cc(-n7c8ccccc8c8ccccc87)ccc6-5)C5CC6CC(C5)CC4C6)cc3)c3cccc4sc5ccccc5c34)cc2)cc1. The molecule has 0 N–H and O–H groups in total. The predicted molar refractivity (Wildman–Crippen MR) is 282 cm³/mol. The molecule has 0 atom stereocenters. The Morgan fingerprint density at radius 1 is 0.418 bits per heavy atom. The van der Waals surface area contributed by atoms with Gasteiger partial charge < -0.3 is 9.47 Å². The van der Waals surface area contributed by atoms with E-state index in [0.717, 1.165) is 23.2 Å². The highest BCUT2D eigenvalue weighted by atomic mass is 32.1. The van der Waals surface area contributed by atoms with Crippen LogP contribution in [0, 0.1) is 23.7 Å². The van der Waals surface area contributed by atoms with Gasteiger partial charge in [-0.3, -0.25) is 0 Å². The molecule has 11 aromatic rings. The number of para-hydroxylation sites is 2. The zero-order valence-electron chi connectivity index (χ0n) is 37.3. The molecule has 9 aromatic carbocycles. The van der Waals surface area contributed by atoms with Crippen LogP contribution in [0.15, 0.2) is 206 Å². The number of fused-ring (bicyclic) bond motifs is 9. The Morgan fingerprint density at radius 3 is 1.61 bits per heavy atom. The van der Waals surface area contributed by atoms with Gasteiger partial charge in [0.2, 0.25) is 0 Å². The lowest BCUT2D eigenvalue weighted by atomic mass is 9.43. The fourth-order valence-electron chi connectivity index (χ4n) is 14.3. The van der Waals surface area contributed by atoms with Crippen LogP contribution < -0.4 is 4.90 Å². The highest BCUT2D eigenvalue weighted by Gasteiger charge is 2.61. The molecule has 1 spiro atoms. The van der Waals surface area contributed by atoms with Crippen molar-refractivity contribution in [3.8, 4) is 39.1 Å². The molecule has 2 heterocycles. The van der Waals surface area contributed by atoms with Crippen LogP contribution in [0.3, 0.4) is 0 Å². The summed E-state index contributed by atoms with van der Waals surface area (Å²) in [6, 6.07) is 78.0. The third-order valence-electron chi connectivity index (χ3n) is 16.8. The molecule has 4 fully saturated rings. The van der Waals surface area contributed by atoms with E-state index in [2.05, 4.69) is 216 Å². The summed E-state index contributed by atoms with van der Waals surface area (Å²) in [5.41, 5.74) is 18.5. The van der Waals surface area contributed by atoms with Gasteiger partial charge in [0.25, 0.3) is 0 Å². The zero-order valence-corrected chi connectivity index (χ0v) is 38.1. The van der Waals surface area contributed by atoms with Crippen molar-refractivity contribution in [3.05, 3.63) is 217 Å². The first-order valence-corrected chi connectivity index (χ1v) is 25.2. The molecule has 0 radical (unpaired) electrons. The van der Waals surface area contributed by atoms with Crippen LogP contribution in [0.5, 0.6) is 0 Å². The van der Waals surface area contributed by atoms with E-state index in [1.54, 1.807) is 11.1 Å². The molecule has 67 heavy (non-hydrogen) atoms. The van der Waals surface area contributed by atoms with Gasteiger partial charge in [-0.2, -0.15) is 0 Å². The van der Waals surface area contributed by atoms with Crippen LogP contribution in [-0.4, -0.2) is 4.57 Å². The maximum absolute atomic E-state index is 2.64. The van der Waals surface area contributed by atoms with Gasteiger partial charge in [-0.1, -0.05) is 133 Å². The maximum Gasteiger partial charge on any atom is 0.0554 e. The molecule has 0 aliphatic heterocycles. The van der Waals surface area contributed by atoms with Crippen molar-refractivity contribution in [1.82, 2.24) is 4.57 Å². The van der Waals surface area contributed by atoms with Crippen molar-refractivity contribution in [2.75, 3.05) is 4.90 Å². The summed E-state index contributed by atoms with van der Waals surface area (Å²) >= 11 is 1.88. The van der Waals surface area contributed by atoms with Gasteiger partial charge in [-0.05, 0) is 173 Å². The van der Waals surface area contributed by atoms with Crippen LogP contribution >= 0.6 is 11.3 Å². The lowest BCUT2D eigenvalue weighted by Crippen LogP contribution is -2.55. The molecule has 3 heteroatoms. The third-order valence-corrected chi connectivity index (χ3v) is 17.9. The van der Waals surface area contributed by atoms with Crippen molar-refractivity contribution in [1.29, 1.82) is 0 Å². The van der Waals surface area contributed by atoms with E-state index in [4.69, 9.17) is 0 Å². The molecule has 320 valence electrons. The Bertz CT molecular complexity index is 3680. The second-order valence-corrected chi connectivity index (χ2v) is 21.2. The Labute approximate surface area is 395 Å². The minimum absolute atomic E-state index is 0.0352. The summed E-state index contributed by atoms with van der Waals surface area (Å²) in [7, 11) is 0. The molecule has 4 saturated carbocycles. The summed E-state index contributed by atoms with van der Waals surface area (Å²) in [5, 5.41) is 5.26. The van der Waals surface area contributed by atoms with Gasteiger partial charge in [0.1, 0.15) is 0 Å². The molecule has 16 rings (SSSR count). The first kappa shape index (κ1) is 38.0. The number of hydrogen-bond acceptors (Lipinski definition) is 2. The Hall–Kier alpha value is -7.20. The molecular weight excluding hydrogens is 829 g/mol. The van der Waals surface area contributed by atoms with Gasteiger partial charge in [-0.15, -0.1) is 11.3 Å². The number of thiophene rings is 1. The normalized spacial score (nSPS) is 21.2. The second kappa shape index (κ2) is 14.4. The van der Waals surface area contributed by atoms with E-state index in [1.807, 2.05) is 11.3 Å². The van der Waals surface area contributed by atoms with Crippen LogP contribution in [0.25, 0.3) is 81.0 Å². The highest BCUT2D eigenvalue weighted by molar-refractivity contribution is 7.26. The average Bonchev–Trinajstić information content (AvgIpc) is 4.03. The van der Waals surface area contributed by atoms with Crippen molar-refractivity contribution in [2.45, 2.75) is 37.5 Å². The Morgan fingerprint density at radius 2 is 0.940 bits per heavy atom. The maximum atomic E-state index is 2.64. The summed E-state index contributed by atoms with van der Waals surface area (Å²) in [6.45, 7) is 0. The number of nitrogens with zero attached hydrogens (tertiary/aromatic N) is 2. The van der Waals surface area contributed by atoms with Crippen LogP contribution in [0.2, 0.25) is 0 Å². The zero-order chi connectivity index (χ0) is 43.8. The minimum atomic E-state index is 0.0352. The molecule has 0 amide bonds. The molecule has 0 unspecified atom stereocenters. The quantitative estimate of drug-likeness (QED) is 0.162. The average molecular weight is 877 g/mol. The second-order valence-electron chi connectivity index (χ2n) is 20.1. The van der Waals surface area contributed by atoms with E-state index >= 15 is 0 Å². The molecule has 0 saturated heterocycles. The Balaban J connectivity index is 0.862. The standard InChI is InChI=1S/C64H48N2S/c1-2-11-42(12-3-1)43-21-26-48(27-22-43)65(60-18-10-20-62-63(60)55-15-6-9-19-61(55)67-62)49-28-23-44(24-29-49)45-25-31-51-52-32-30-50(66-58-16-7-4-13-53(58)54-14-5-8-17-59(54)66)39-57(52)64(56(51)38-45)46-34-40-33-41(36-46)37-47(64)35-40/h1-32,38-41,46-47H,33-37H2. The fourth-order valence-corrected chi connectivity index (χ4v) is 15.4. The van der Waals surface area contributed by atoms with Crippen LogP contribution in [0.4, 0.5) is 17.1 Å². The highest BCUT2D eigenvalue weighted by Crippen LogP contribution is 2.69. The van der Waals surface area contributed by atoms with Crippen LogP contribution in [-0.2, 0) is 5.41 Å². The molecule has 4 bridgehead atoms. The largest absolute Gasteiger partial charge is 0.310 e. The van der Waals surface area contributed by atoms with E-state index in [0.29, 0.717) is 11.8 Å². The van der Waals surface area contributed by atoms with Crippen molar-refractivity contribution in [3.63, 3.8) is 0 Å². The van der Waals surface area contributed by atoms with E-state index in [9.17, 15) is 0 Å². The van der Waals surface area contributed by atoms with Gasteiger partial charge in [0.05, 0.1) is 16.7 Å². The third kappa shape index (κ3) is 5.50. The Kier molecular flexibility index (Phi) is 8.16. The minimum Gasteiger partial charge on any atom is -0.310 e. The predicted octanol–water partition coefficient (Wildman–Crippen LogP) is 17.7. The number of hydrogen-bond donors (Lipinski definition) is 0. The summed E-state index contributed by atoms with van der Waals surface area (Å²) in [5.74, 6) is 3.11. The summed E-state index contributed by atoms with van der Waals surface area (Å²) in [6.07, 6.45) is 6.89. The van der Waals surface area contributed by atoms with Gasteiger partial charge in [-0.25, -0.2) is 0 Å². The molecule has 5 aliphatic carbocycles. The topological polar surface area (TPSA) is 8.17 Å². The smallest absolute Gasteiger partial charge is 0.0554 e. The van der Waals surface area contributed by atoms with E-state index in [-0.39, 0.29) is 5.41 Å². The molecule has 2 nitrogen and oxygen atoms in total. The summed E-state index contributed by atoms with van der Waals surface area (Å²) in [4.78, 5) is 2.47. The number of benzene rings is 9. The molecule has 5 aliphatic rings. The first-order valence-electron chi connectivity index (χ1n) is 24.4. The first-order chi connectivity index (χ1) is 33.2. The van der Waals surface area contributed by atoms with Crippen molar-refractivity contribution in [2.24, 2.45) is 23.7 Å². The number of rotatable bonds is 6. The van der Waals surface area contributed by atoms with E-state index in [1.165, 1.54) is 119 Å². The summed E-state index contributed by atoms with van der Waals surface area (Å²) < 4.78 is 5.16. The van der Waals surface area contributed by atoms with Gasteiger partial charge in [0.15, 0.2) is 0 Å². The number of aromatic nitrogens is 1. The molecule has 2 aromatic heterocycles.